The molecule has 1 N–H and O–H groups in total. The molecule has 0 amide bonds. The van der Waals surface area contributed by atoms with Gasteiger partial charge in [0.2, 0.25) is 5.88 Å². The van der Waals surface area contributed by atoms with E-state index in [2.05, 4.69) is 30.2 Å². The van der Waals surface area contributed by atoms with Crippen LogP contribution in [0.2, 0.25) is 0 Å². The molecular formula is C16H28N2O. The lowest BCUT2D eigenvalue weighted by Crippen LogP contribution is -2.47. The summed E-state index contributed by atoms with van der Waals surface area (Å²) in [4.78, 5) is 4.32. The Morgan fingerprint density at radius 2 is 2.00 bits per heavy atom. The summed E-state index contributed by atoms with van der Waals surface area (Å²) in [5.41, 5.74) is 1.26. The second kappa shape index (κ2) is 8.92. The molecule has 3 heteroatoms. The van der Waals surface area contributed by atoms with Crippen LogP contribution in [-0.2, 0) is 6.42 Å². The molecule has 1 fully saturated rings. The molecule has 3 nitrogen and oxygen atoms in total. The van der Waals surface area contributed by atoms with Crippen LogP contribution in [0.4, 0.5) is 0 Å². The number of hydrogen-bond acceptors (Lipinski definition) is 3. The van der Waals surface area contributed by atoms with Gasteiger partial charge < -0.3 is 10.1 Å². The van der Waals surface area contributed by atoms with Gasteiger partial charge in [0, 0.05) is 18.3 Å². The van der Waals surface area contributed by atoms with E-state index in [-0.39, 0.29) is 0 Å². The highest BCUT2D eigenvalue weighted by atomic mass is 16.5. The van der Waals surface area contributed by atoms with Crippen LogP contribution in [0.5, 0.6) is 5.88 Å². The molecule has 0 spiro atoms. The molecule has 2 rings (SSSR count). The highest BCUT2D eigenvalue weighted by Crippen LogP contribution is 2.24. The molecule has 1 aliphatic rings. The second-order valence-corrected chi connectivity index (χ2v) is 4.72. The van der Waals surface area contributed by atoms with Crippen molar-refractivity contribution >= 4 is 0 Å². The van der Waals surface area contributed by atoms with Crippen molar-refractivity contribution in [2.24, 2.45) is 0 Å². The van der Waals surface area contributed by atoms with E-state index in [1.807, 2.05) is 26.1 Å². The Morgan fingerprint density at radius 1 is 1.26 bits per heavy atom. The van der Waals surface area contributed by atoms with Gasteiger partial charge in [-0.1, -0.05) is 33.8 Å². The predicted octanol–water partition coefficient (Wildman–Crippen LogP) is 3.58. The topological polar surface area (TPSA) is 34.1 Å². The minimum atomic E-state index is 0.351. The SMILES string of the molecule is CC.CCCNC1CC(Oc2ccc(CC)cn2)C1. The molecule has 0 aromatic carbocycles. The molecule has 1 aromatic rings. The lowest BCUT2D eigenvalue weighted by Gasteiger charge is -2.35. The van der Waals surface area contributed by atoms with Gasteiger partial charge in [0.15, 0.2) is 0 Å². The van der Waals surface area contributed by atoms with E-state index in [4.69, 9.17) is 4.74 Å². The summed E-state index contributed by atoms with van der Waals surface area (Å²) in [7, 11) is 0. The van der Waals surface area contributed by atoms with Gasteiger partial charge in [0.25, 0.3) is 0 Å². The van der Waals surface area contributed by atoms with E-state index in [1.54, 1.807) is 0 Å². The zero-order chi connectivity index (χ0) is 14.1. The van der Waals surface area contributed by atoms with Crippen molar-refractivity contribution in [3.05, 3.63) is 23.9 Å². The lowest BCUT2D eigenvalue weighted by molar-refractivity contribution is 0.0807. The fraction of sp³-hybridized carbons (Fsp3) is 0.688. The van der Waals surface area contributed by atoms with Crippen molar-refractivity contribution in [1.82, 2.24) is 10.3 Å². The van der Waals surface area contributed by atoms with Crippen LogP contribution < -0.4 is 10.1 Å². The standard InChI is InChI=1S/C14H22N2O.C2H6/c1-3-7-15-12-8-13(9-12)17-14-6-5-11(4-2)10-16-14;1-2/h5-6,10,12-13,15H,3-4,7-9H2,1-2H3;1-2H3. The van der Waals surface area contributed by atoms with E-state index in [9.17, 15) is 0 Å². The first-order chi connectivity index (χ1) is 9.31. The number of hydrogen-bond donors (Lipinski definition) is 1. The van der Waals surface area contributed by atoms with Crippen molar-refractivity contribution in [3.8, 4) is 5.88 Å². The van der Waals surface area contributed by atoms with E-state index >= 15 is 0 Å². The van der Waals surface area contributed by atoms with Gasteiger partial charge in [-0.3, -0.25) is 0 Å². The number of rotatable bonds is 6. The van der Waals surface area contributed by atoms with Crippen molar-refractivity contribution in [3.63, 3.8) is 0 Å². The Kier molecular flexibility index (Phi) is 7.49. The van der Waals surface area contributed by atoms with Crippen molar-refractivity contribution < 1.29 is 4.74 Å². The molecule has 0 bridgehead atoms. The average Bonchev–Trinajstić information content (AvgIpc) is 2.44. The smallest absolute Gasteiger partial charge is 0.213 e. The van der Waals surface area contributed by atoms with Gasteiger partial charge >= 0.3 is 0 Å². The molecule has 1 aromatic heterocycles. The van der Waals surface area contributed by atoms with Gasteiger partial charge in [-0.15, -0.1) is 0 Å². The first kappa shape index (κ1) is 16.0. The summed E-state index contributed by atoms with van der Waals surface area (Å²) >= 11 is 0. The predicted molar refractivity (Wildman–Crippen MR) is 80.7 cm³/mol. The van der Waals surface area contributed by atoms with Gasteiger partial charge in [-0.2, -0.15) is 0 Å². The summed E-state index contributed by atoms with van der Waals surface area (Å²) in [6, 6.07) is 4.72. The maximum Gasteiger partial charge on any atom is 0.213 e. The van der Waals surface area contributed by atoms with Crippen LogP contribution in [0.1, 0.15) is 52.5 Å². The quantitative estimate of drug-likeness (QED) is 0.852. The highest BCUT2D eigenvalue weighted by molar-refractivity contribution is 5.18. The molecule has 0 unspecified atom stereocenters. The van der Waals surface area contributed by atoms with Crippen LogP contribution in [0.25, 0.3) is 0 Å². The van der Waals surface area contributed by atoms with Crippen LogP contribution in [-0.4, -0.2) is 23.7 Å². The zero-order valence-corrected chi connectivity index (χ0v) is 12.8. The minimum Gasteiger partial charge on any atom is -0.474 e. The lowest BCUT2D eigenvalue weighted by atomic mass is 9.89. The summed E-state index contributed by atoms with van der Waals surface area (Å²) in [5.74, 6) is 0.765. The summed E-state index contributed by atoms with van der Waals surface area (Å²) in [6.07, 6.45) is 6.70. The third-order valence-corrected chi connectivity index (χ3v) is 3.27. The van der Waals surface area contributed by atoms with E-state index in [0.29, 0.717) is 12.1 Å². The van der Waals surface area contributed by atoms with Gasteiger partial charge in [0.05, 0.1) is 0 Å². The number of pyridine rings is 1. The molecule has 1 aliphatic carbocycles. The van der Waals surface area contributed by atoms with Crippen LogP contribution in [0.3, 0.4) is 0 Å². The van der Waals surface area contributed by atoms with Gasteiger partial charge in [0.1, 0.15) is 6.10 Å². The number of ether oxygens (including phenoxy) is 1. The normalized spacial score (nSPS) is 21.1. The molecule has 108 valence electrons. The Hall–Kier alpha value is -1.09. The summed E-state index contributed by atoms with van der Waals surface area (Å²) in [5, 5.41) is 3.50. The fourth-order valence-corrected chi connectivity index (χ4v) is 2.04. The first-order valence-corrected chi connectivity index (χ1v) is 7.66. The number of aryl methyl sites for hydroxylation is 1. The molecule has 0 atom stereocenters. The van der Waals surface area contributed by atoms with Gasteiger partial charge in [-0.05, 0) is 37.8 Å². The molecule has 0 aliphatic heterocycles. The van der Waals surface area contributed by atoms with Crippen molar-refractivity contribution in [1.29, 1.82) is 0 Å². The average molecular weight is 264 g/mol. The Morgan fingerprint density at radius 3 is 2.53 bits per heavy atom. The molecule has 0 saturated heterocycles. The van der Waals surface area contributed by atoms with E-state index < -0.39 is 0 Å². The number of nitrogens with one attached hydrogen (secondary N) is 1. The Labute approximate surface area is 117 Å². The van der Waals surface area contributed by atoms with Crippen LogP contribution in [0.15, 0.2) is 18.3 Å². The van der Waals surface area contributed by atoms with E-state index in [0.717, 1.165) is 31.7 Å². The zero-order valence-electron chi connectivity index (χ0n) is 12.8. The summed E-state index contributed by atoms with van der Waals surface area (Å²) in [6.45, 7) is 9.44. The maximum absolute atomic E-state index is 5.81. The molecule has 19 heavy (non-hydrogen) atoms. The fourth-order valence-electron chi connectivity index (χ4n) is 2.04. The van der Waals surface area contributed by atoms with Crippen LogP contribution >= 0.6 is 0 Å². The third kappa shape index (κ3) is 5.19. The maximum atomic E-state index is 5.81. The van der Waals surface area contributed by atoms with E-state index in [1.165, 1.54) is 12.0 Å². The van der Waals surface area contributed by atoms with Crippen LogP contribution in [0, 0.1) is 0 Å². The highest BCUT2D eigenvalue weighted by Gasteiger charge is 2.30. The molecule has 1 saturated carbocycles. The second-order valence-electron chi connectivity index (χ2n) is 4.72. The van der Waals surface area contributed by atoms with Crippen molar-refractivity contribution in [2.75, 3.05) is 6.54 Å². The Bertz CT molecular complexity index is 331. The molecule has 1 heterocycles. The third-order valence-electron chi connectivity index (χ3n) is 3.27. The minimum absolute atomic E-state index is 0.351. The monoisotopic (exact) mass is 264 g/mol. The summed E-state index contributed by atoms with van der Waals surface area (Å²) < 4.78 is 5.81. The molecule has 0 radical (unpaired) electrons. The first-order valence-electron chi connectivity index (χ1n) is 7.66. The molecular weight excluding hydrogens is 236 g/mol. The van der Waals surface area contributed by atoms with Crippen molar-refractivity contribution in [2.45, 2.75) is 65.5 Å². The van der Waals surface area contributed by atoms with Gasteiger partial charge in [-0.25, -0.2) is 4.98 Å². The number of aromatic nitrogens is 1. The number of nitrogens with zero attached hydrogens (tertiary/aromatic N) is 1. The Balaban J connectivity index is 0.000000861. The largest absolute Gasteiger partial charge is 0.474 e.